The first-order valence-corrected chi connectivity index (χ1v) is 23.4. The van der Waals surface area contributed by atoms with E-state index in [1.807, 2.05) is 13.8 Å². The Bertz CT molecular complexity index is 2690. The number of nitrogens with one attached hydrogen (secondary N) is 2. The topological polar surface area (TPSA) is 155 Å². The normalized spacial score (nSPS) is 21.8. The van der Waals surface area contributed by atoms with Crippen LogP contribution in [0.2, 0.25) is 0 Å². The molecule has 2 fully saturated rings. The summed E-state index contributed by atoms with van der Waals surface area (Å²) in [5, 5.41) is 4.40. The number of fused-ring (bicyclic) bond motifs is 6. The summed E-state index contributed by atoms with van der Waals surface area (Å²) >= 11 is 0. The lowest BCUT2D eigenvalue weighted by Gasteiger charge is -2.37. The summed E-state index contributed by atoms with van der Waals surface area (Å²) in [7, 11) is 2.75. The van der Waals surface area contributed by atoms with Gasteiger partial charge in [-0.05, 0) is 96.8 Å². The number of hydrogen-bond acceptors (Lipinski definition) is 9. The third-order valence-corrected chi connectivity index (χ3v) is 13.4. The van der Waals surface area contributed by atoms with Crippen molar-refractivity contribution < 1.29 is 55.4 Å². The van der Waals surface area contributed by atoms with Crippen molar-refractivity contribution in [2.45, 2.75) is 109 Å². The van der Waals surface area contributed by atoms with Crippen molar-refractivity contribution >= 4 is 40.5 Å². The van der Waals surface area contributed by atoms with Gasteiger partial charge >= 0.3 is 12.1 Å². The van der Waals surface area contributed by atoms with E-state index in [9.17, 15) is 37.1 Å². The molecule has 19 heteroatoms. The Morgan fingerprint density at radius 1 is 1.09 bits per heavy atom. The Kier molecular flexibility index (Phi) is 14.9. The number of likely N-dealkylation sites (N-methyl/N-ethyl adjacent to an activating group) is 1. The number of ether oxygens (including phenoxy) is 2. The molecule has 1 unspecified atom stereocenters. The van der Waals surface area contributed by atoms with Crippen molar-refractivity contribution in [2.24, 2.45) is 11.3 Å². The van der Waals surface area contributed by atoms with Crippen molar-refractivity contribution in [1.82, 2.24) is 35.1 Å². The molecule has 7 rings (SSSR count). The maximum Gasteiger partial charge on any atom is 0.406 e. The number of carbonyl (C=O) groups is 5. The first-order chi connectivity index (χ1) is 32.9. The quantitative estimate of drug-likeness (QED) is 0.0968. The molecular weight excluding hydrogens is 918 g/mol. The fourth-order valence-electron chi connectivity index (χ4n) is 9.95. The number of aromatic nitrogens is 2. The van der Waals surface area contributed by atoms with Gasteiger partial charge in [0.25, 0.3) is 11.8 Å². The van der Waals surface area contributed by atoms with Crippen LogP contribution in [0.5, 0.6) is 0 Å². The Hall–Kier alpha value is -6.21. The highest BCUT2D eigenvalue weighted by Gasteiger charge is 2.50. The summed E-state index contributed by atoms with van der Waals surface area (Å²) in [5.41, 5.74) is 2.37. The van der Waals surface area contributed by atoms with E-state index in [0.717, 1.165) is 15.9 Å². The lowest BCUT2D eigenvalue weighted by Crippen LogP contribution is -2.62. The van der Waals surface area contributed by atoms with Gasteiger partial charge in [-0.3, -0.25) is 34.0 Å². The summed E-state index contributed by atoms with van der Waals surface area (Å²) in [4.78, 5) is 75.8. The van der Waals surface area contributed by atoms with Gasteiger partial charge in [0, 0.05) is 68.2 Å². The third kappa shape index (κ3) is 10.9. The van der Waals surface area contributed by atoms with Crippen molar-refractivity contribution in [3.8, 4) is 22.4 Å². The molecular formula is C51H60F5N7O7. The number of pyridine rings is 1. The highest BCUT2D eigenvalue weighted by molar-refractivity contribution is 5.97. The van der Waals surface area contributed by atoms with Crippen LogP contribution in [0.3, 0.4) is 0 Å². The average Bonchev–Trinajstić information content (AvgIpc) is 3.85. The maximum absolute atomic E-state index is 16.3. The predicted molar refractivity (Wildman–Crippen MR) is 251 cm³/mol. The van der Waals surface area contributed by atoms with Crippen LogP contribution >= 0.6 is 0 Å². The summed E-state index contributed by atoms with van der Waals surface area (Å²) in [6, 6.07) is 8.48. The second-order valence-corrected chi connectivity index (χ2v) is 19.7. The molecule has 2 aromatic carbocycles. The predicted octanol–water partition coefficient (Wildman–Crippen LogP) is 7.04. The van der Waals surface area contributed by atoms with E-state index in [4.69, 9.17) is 9.47 Å². The molecule has 4 aromatic rings. The zero-order valence-electron chi connectivity index (χ0n) is 40.4. The van der Waals surface area contributed by atoms with Crippen LogP contribution in [0.4, 0.5) is 22.0 Å². The number of benzene rings is 2. The summed E-state index contributed by atoms with van der Waals surface area (Å²) in [6.07, 6.45) is -2.58. The standard InChI is InChI=1S/C51H60F5N7O7/c1-9-41(64)61-19-16-50(53,26-61)48(68)60(7)43(29(2)3)45(65)58-39-22-31-20-33(23-34(52)21-31)32-14-15-40-36(24-32)37(25-49(5,6)28-70-47(67)38-13-11-18-63(59-38)46(39)66)44(62(40)27-51(54,55)56)35-12-10-17-57-42(35)30(4)69-8/h9-10,12,14-15,17,20-21,23-24,29-30,38-39,43,59H,1,11,13,16,18-19,22,25-28H2,2-8H3,(H,58,65)/t30-,38-,39-,43?,50+/m0/s1. The first kappa shape index (κ1) is 51.6. The molecule has 2 aromatic heterocycles. The van der Waals surface area contributed by atoms with Crippen LogP contribution in [0.15, 0.2) is 67.4 Å². The number of cyclic esters (lactones) is 1. The molecule has 3 aliphatic rings. The Morgan fingerprint density at radius 2 is 1.83 bits per heavy atom. The molecule has 0 spiro atoms. The zero-order valence-corrected chi connectivity index (χ0v) is 40.4. The lowest BCUT2D eigenvalue weighted by atomic mass is 9.84. The molecule has 5 heterocycles. The molecule has 70 heavy (non-hydrogen) atoms. The number of likely N-dealkylation sites (tertiary alicyclic amines) is 1. The fourth-order valence-corrected chi connectivity index (χ4v) is 9.95. The Balaban J connectivity index is 1.34. The number of hydrazine groups is 1. The van der Waals surface area contributed by atoms with Gasteiger partial charge in [-0.2, -0.15) is 13.2 Å². The number of nitrogens with zero attached hydrogens (tertiary/aromatic N) is 5. The summed E-state index contributed by atoms with van der Waals surface area (Å²) in [6.45, 7) is 10.1. The zero-order chi connectivity index (χ0) is 51.0. The number of halogens is 5. The molecule has 2 N–H and O–H groups in total. The monoisotopic (exact) mass is 977 g/mol. The molecule has 0 radical (unpaired) electrons. The van der Waals surface area contributed by atoms with Crippen molar-refractivity contribution in [2.75, 3.05) is 40.4 Å². The van der Waals surface area contributed by atoms with Gasteiger partial charge in [-0.1, -0.05) is 46.4 Å². The number of esters is 1. The van der Waals surface area contributed by atoms with E-state index in [1.165, 1.54) is 42.1 Å². The molecule has 0 saturated carbocycles. The van der Waals surface area contributed by atoms with E-state index in [0.29, 0.717) is 39.8 Å². The van der Waals surface area contributed by atoms with Gasteiger partial charge in [0.1, 0.15) is 30.5 Å². The first-order valence-electron chi connectivity index (χ1n) is 23.4. The number of rotatable bonds is 10. The van der Waals surface area contributed by atoms with E-state index in [1.54, 1.807) is 57.2 Å². The summed E-state index contributed by atoms with van der Waals surface area (Å²) in [5.74, 6) is -5.08. The molecule has 14 nitrogen and oxygen atoms in total. The molecule has 6 bridgehead atoms. The molecule has 5 atom stereocenters. The van der Waals surface area contributed by atoms with Gasteiger partial charge in [0.2, 0.25) is 17.5 Å². The molecule has 376 valence electrons. The van der Waals surface area contributed by atoms with E-state index < -0.39 is 95.9 Å². The highest BCUT2D eigenvalue weighted by Crippen LogP contribution is 2.43. The van der Waals surface area contributed by atoms with Gasteiger partial charge < -0.3 is 29.2 Å². The Labute approximate surface area is 403 Å². The minimum Gasteiger partial charge on any atom is -0.464 e. The summed E-state index contributed by atoms with van der Waals surface area (Å²) < 4.78 is 89.1. The van der Waals surface area contributed by atoms with Crippen LogP contribution in [0.1, 0.15) is 76.8 Å². The van der Waals surface area contributed by atoms with Crippen LogP contribution in [-0.4, -0.2) is 124 Å². The minimum absolute atomic E-state index is 0.0396. The van der Waals surface area contributed by atoms with Gasteiger partial charge in [0.05, 0.1) is 30.6 Å². The minimum atomic E-state index is -4.66. The van der Waals surface area contributed by atoms with Crippen molar-refractivity contribution in [3.63, 3.8) is 0 Å². The average molecular weight is 978 g/mol. The molecule has 4 amide bonds. The van der Waals surface area contributed by atoms with Crippen LogP contribution in [0.25, 0.3) is 33.3 Å². The van der Waals surface area contributed by atoms with E-state index >= 15 is 8.78 Å². The number of hydrogen-bond donors (Lipinski definition) is 2. The van der Waals surface area contributed by atoms with Crippen molar-refractivity contribution in [3.05, 3.63) is 90.0 Å². The molecule has 2 saturated heterocycles. The Morgan fingerprint density at radius 3 is 2.51 bits per heavy atom. The van der Waals surface area contributed by atoms with Crippen molar-refractivity contribution in [1.29, 1.82) is 0 Å². The second kappa shape index (κ2) is 20.3. The van der Waals surface area contributed by atoms with Crippen LogP contribution < -0.4 is 10.7 Å². The van der Waals surface area contributed by atoms with Gasteiger partial charge in [0.15, 0.2) is 0 Å². The largest absolute Gasteiger partial charge is 0.464 e. The van der Waals surface area contributed by atoms with E-state index in [-0.39, 0.29) is 62.2 Å². The van der Waals surface area contributed by atoms with E-state index in [2.05, 4.69) is 22.3 Å². The number of amides is 4. The smallest absolute Gasteiger partial charge is 0.406 e. The van der Waals surface area contributed by atoms with Crippen LogP contribution in [0, 0.1) is 17.2 Å². The maximum atomic E-state index is 16.3. The number of methoxy groups -OCH3 is 1. The molecule has 0 aliphatic carbocycles. The fraction of sp³-hybridized carbons (Fsp3) is 0.490. The number of carbonyl (C=O) groups excluding carboxylic acids is 5. The highest BCUT2D eigenvalue weighted by atomic mass is 19.4. The SMILES string of the molecule is C=CC(=O)N1CC[C@](F)(C(=O)N(C)C(C(=O)N[C@H]2Cc3cc(F)cc(c3)-c3ccc4c(c3)c(c(-c3cccnc3[C@H](C)OC)n4CC(F)(F)F)CC(C)(C)COC(=O)[C@@H]3CCCN(N3)C2=O)C(C)C)C1. The van der Waals surface area contributed by atoms with Gasteiger partial charge in [-0.25, -0.2) is 14.2 Å². The third-order valence-electron chi connectivity index (χ3n) is 13.4. The van der Waals surface area contributed by atoms with Gasteiger partial charge in [-0.15, -0.1) is 0 Å². The molecule has 3 aliphatic heterocycles. The second-order valence-electron chi connectivity index (χ2n) is 19.7. The van der Waals surface area contributed by atoms with Crippen LogP contribution in [-0.2, 0) is 52.8 Å². The lowest BCUT2D eigenvalue weighted by molar-refractivity contribution is -0.155. The number of alkyl halides is 4.